The van der Waals surface area contributed by atoms with Crippen molar-refractivity contribution in [3.8, 4) is 17.2 Å². The maximum absolute atomic E-state index is 12.5. The Morgan fingerprint density at radius 1 is 1.26 bits per heavy atom. The SMILES string of the molecule is COCCN(C)CCn1c(=O)oc2ccc(-c3ccc(C[C@@H](C#N)NC(=O)[C@@H]4CNCCCO4)cc3)cc21. The highest BCUT2D eigenvalue weighted by Gasteiger charge is 2.23. The van der Waals surface area contributed by atoms with Crippen LogP contribution in [-0.4, -0.2) is 81.1 Å². The number of benzene rings is 2. The molecule has 2 atom stereocenters. The molecule has 38 heavy (non-hydrogen) atoms. The highest BCUT2D eigenvalue weighted by Crippen LogP contribution is 2.25. The Labute approximate surface area is 222 Å². The number of methoxy groups -OCH3 is 1. The van der Waals surface area contributed by atoms with Gasteiger partial charge in [0.25, 0.3) is 5.91 Å². The van der Waals surface area contributed by atoms with E-state index in [0.29, 0.717) is 44.9 Å². The van der Waals surface area contributed by atoms with Crippen molar-refractivity contribution < 1.29 is 18.7 Å². The molecule has 1 fully saturated rings. The Hall–Kier alpha value is -3.49. The van der Waals surface area contributed by atoms with Crippen LogP contribution in [0.4, 0.5) is 0 Å². The molecule has 2 N–H and O–H groups in total. The van der Waals surface area contributed by atoms with Gasteiger partial charge < -0.3 is 29.4 Å². The van der Waals surface area contributed by atoms with Gasteiger partial charge in [-0.15, -0.1) is 0 Å². The maximum Gasteiger partial charge on any atom is 0.419 e. The first-order valence-corrected chi connectivity index (χ1v) is 12.9. The van der Waals surface area contributed by atoms with E-state index in [2.05, 4.69) is 21.6 Å². The molecule has 2 aromatic carbocycles. The average Bonchev–Trinajstić information content (AvgIpc) is 3.08. The number of carbonyl (C=O) groups excluding carboxylic acids is 1. The largest absolute Gasteiger partial charge is 0.419 e. The summed E-state index contributed by atoms with van der Waals surface area (Å²) < 4.78 is 17.8. The summed E-state index contributed by atoms with van der Waals surface area (Å²) in [5.41, 5.74) is 4.16. The molecule has 4 rings (SSSR count). The Morgan fingerprint density at radius 2 is 2.05 bits per heavy atom. The first-order valence-electron chi connectivity index (χ1n) is 12.9. The van der Waals surface area contributed by atoms with Crippen LogP contribution in [0, 0.1) is 11.3 Å². The summed E-state index contributed by atoms with van der Waals surface area (Å²) in [6.07, 6.45) is 0.659. The van der Waals surface area contributed by atoms with Gasteiger partial charge in [-0.3, -0.25) is 9.36 Å². The van der Waals surface area contributed by atoms with Crippen molar-refractivity contribution in [2.45, 2.75) is 31.5 Å². The van der Waals surface area contributed by atoms with Crippen molar-refractivity contribution in [1.29, 1.82) is 5.26 Å². The van der Waals surface area contributed by atoms with Gasteiger partial charge >= 0.3 is 5.76 Å². The third-order valence-electron chi connectivity index (χ3n) is 6.69. The molecular formula is C28H35N5O5. The van der Waals surface area contributed by atoms with E-state index in [0.717, 1.165) is 41.7 Å². The number of carbonyl (C=O) groups is 1. The molecule has 1 aromatic heterocycles. The lowest BCUT2D eigenvalue weighted by Gasteiger charge is -2.18. The molecule has 202 valence electrons. The molecule has 10 heteroatoms. The minimum Gasteiger partial charge on any atom is -0.408 e. The van der Waals surface area contributed by atoms with Crippen LogP contribution < -0.4 is 16.4 Å². The number of rotatable bonds is 11. The third kappa shape index (κ3) is 7.08. The number of hydrogen-bond acceptors (Lipinski definition) is 8. The van der Waals surface area contributed by atoms with Crippen LogP contribution in [0.5, 0.6) is 0 Å². The number of oxazole rings is 1. The Kier molecular flexibility index (Phi) is 9.67. The number of fused-ring (bicyclic) bond motifs is 1. The lowest BCUT2D eigenvalue weighted by Crippen LogP contribution is -2.46. The van der Waals surface area contributed by atoms with Crippen molar-refractivity contribution in [3.63, 3.8) is 0 Å². The van der Waals surface area contributed by atoms with E-state index in [1.807, 2.05) is 49.5 Å². The van der Waals surface area contributed by atoms with Gasteiger partial charge in [-0.25, -0.2) is 4.79 Å². The van der Waals surface area contributed by atoms with Gasteiger partial charge in [0.2, 0.25) is 0 Å². The Morgan fingerprint density at radius 3 is 2.82 bits per heavy atom. The summed E-state index contributed by atoms with van der Waals surface area (Å²) in [6, 6.07) is 15.1. The third-order valence-corrected chi connectivity index (χ3v) is 6.69. The highest BCUT2D eigenvalue weighted by atomic mass is 16.5. The Balaban J connectivity index is 1.42. The van der Waals surface area contributed by atoms with Crippen LogP contribution in [0.1, 0.15) is 12.0 Å². The van der Waals surface area contributed by atoms with Crippen molar-refractivity contribution in [1.82, 2.24) is 20.1 Å². The van der Waals surface area contributed by atoms with Crippen molar-refractivity contribution in [2.75, 3.05) is 53.6 Å². The predicted octanol–water partition coefficient (Wildman–Crippen LogP) is 1.77. The topological polar surface area (TPSA) is 122 Å². The molecule has 1 amide bonds. The molecule has 0 saturated carbocycles. The predicted molar refractivity (Wildman–Crippen MR) is 144 cm³/mol. The fraction of sp³-hybridized carbons (Fsp3) is 0.464. The molecular weight excluding hydrogens is 486 g/mol. The Bertz CT molecular complexity index is 1300. The van der Waals surface area contributed by atoms with E-state index in [-0.39, 0.29) is 11.7 Å². The molecule has 10 nitrogen and oxygen atoms in total. The van der Waals surface area contributed by atoms with Gasteiger partial charge in [0.15, 0.2) is 5.58 Å². The van der Waals surface area contributed by atoms with E-state index in [1.165, 1.54) is 0 Å². The van der Waals surface area contributed by atoms with Gasteiger partial charge in [-0.05, 0) is 48.8 Å². The number of nitrogens with zero attached hydrogens (tertiary/aromatic N) is 3. The van der Waals surface area contributed by atoms with E-state index >= 15 is 0 Å². The molecule has 3 aromatic rings. The molecule has 0 bridgehead atoms. The second-order valence-corrected chi connectivity index (χ2v) is 9.51. The second-order valence-electron chi connectivity index (χ2n) is 9.51. The van der Waals surface area contributed by atoms with Crippen LogP contribution in [0.2, 0.25) is 0 Å². The standard InChI is InChI=1S/C28H35N5O5/c1-32(13-15-36-2)11-12-33-24-17-22(8-9-25(24)38-28(33)35)21-6-4-20(5-7-21)16-23(18-29)31-27(34)26-19-30-10-3-14-37-26/h4-9,17,23,26,30H,3,10-16,19H2,1-2H3,(H,31,34)/t23-,26-/m0/s1. The van der Waals surface area contributed by atoms with Crippen LogP contribution >= 0.6 is 0 Å². The van der Waals surface area contributed by atoms with Gasteiger partial charge in [0.1, 0.15) is 12.1 Å². The summed E-state index contributed by atoms with van der Waals surface area (Å²) in [7, 11) is 3.66. The quantitative estimate of drug-likeness (QED) is 0.392. The number of aromatic nitrogens is 1. The summed E-state index contributed by atoms with van der Waals surface area (Å²) in [5, 5.41) is 15.6. The monoisotopic (exact) mass is 521 g/mol. The van der Waals surface area contributed by atoms with Crippen LogP contribution in [0.25, 0.3) is 22.2 Å². The number of amides is 1. The summed E-state index contributed by atoms with van der Waals surface area (Å²) in [4.78, 5) is 27.1. The molecule has 2 heterocycles. The number of hydrogen-bond donors (Lipinski definition) is 2. The number of likely N-dealkylation sites (N-methyl/N-ethyl adjacent to an activating group) is 1. The second kappa shape index (κ2) is 13.3. The van der Waals surface area contributed by atoms with Gasteiger partial charge in [-0.2, -0.15) is 5.26 Å². The molecule has 1 aliphatic heterocycles. The van der Waals surface area contributed by atoms with E-state index in [1.54, 1.807) is 11.7 Å². The molecule has 0 aliphatic carbocycles. The smallest absolute Gasteiger partial charge is 0.408 e. The van der Waals surface area contributed by atoms with E-state index < -0.39 is 12.1 Å². The van der Waals surface area contributed by atoms with Crippen LogP contribution in [0.15, 0.2) is 51.7 Å². The van der Waals surface area contributed by atoms with Crippen LogP contribution in [0.3, 0.4) is 0 Å². The summed E-state index contributed by atoms with van der Waals surface area (Å²) >= 11 is 0. The summed E-state index contributed by atoms with van der Waals surface area (Å²) in [5.74, 6) is -0.644. The number of nitriles is 1. The zero-order valence-corrected chi connectivity index (χ0v) is 21.9. The van der Waals surface area contributed by atoms with Gasteiger partial charge in [-0.1, -0.05) is 30.3 Å². The van der Waals surface area contributed by atoms with Crippen LogP contribution in [-0.2, 0) is 27.2 Å². The average molecular weight is 522 g/mol. The van der Waals surface area contributed by atoms with E-state index in [4.69, 9.17) is 13.9 Å². The zero-order chi connectivity index (χ0) is 26.9. The molecule has 0 spiro atoms. The molecule has 0 radical (unpaired) electrons. The zero-order valence-electron chi connectivity index (χ0n) is 21.9. The first kappa shape index (κ1) is 27.5. The van der Waals surface area contributed by atoms with Crippen molar-refractivity contribution >= 4 is 17.0 Å². The normalized spacial score (nSPS) is 16.7. The minimum atomic E-state index is -0.654. The number of nitrogens with one attached hydrogen (secondary N) is 2. The van der Waals surface area contributed by atoms with Crippen molar-refractivity contribution in [2.24, 2.45) is 0 Å². The molecule has 0 unspecified atom stereocenters. The van der Waals surface area contributed by atoms with Crippen molar-refractivity contribution in [3.05, 3.63) is 58.6 Å². The van der Waals surface area contributed by atoms with Gasteiger partial charge in [0.05, 0.1) is 18.2 Å². The maximum atomic E-state index is 12.5. The van der Waals surface area contributed by atoms with Gasteiger partial charge in [0, 0.05) is 46.3 Å². The van der Waals surface area contributed by atoms with E-state index in [9.17, 15) is 14.9 Å². The first-order chi connectivity index (χ1) is 18.5. The highest BCUT2D eigenvalue weighted by molar-refractivity contribution is 5.82. The molecule has 1 saturated heterocycles. The fourth-order valence-corrected chi connectivity index (χ4v) is 4.43. The number of ether oxygens (including phenoxy) is 2. The minimum absolute atomic E-state index is 0.271. The lowest BCUT2D eigenvalue weighted by molar-refractivity contribution is -0.132. The fourth-order valence-electron chi connectivity index (χ4n) is 4.43. The molecule has 1 aliphatic rings. The summed E-state index contributed by atoms with van der Waals surface area (Å²) in [6.45, 7) is 4.39. The lowest BCUT2D eigenvalue weighted by atomic mass is 10.0.